The van der Waals surface area contributed by atoms with Crippen LogP contribution >= 0.6 is 0 Å². The van der Waals surface area contributed by atoms with Crippen molar-refractivity contribution in [1.29, 1.82) is 0 Å². The molecule has 2 fully saturated rings. The van der Waals surface area contributed by atoms with Gasteiger partial charge in [0.25, 0.3) is 0 Å². The number of hydrogen-bond acceptors (Lipinski definition) is 2. The van der Waals surface area contributed by atoms with Gasteiger partial charge in [0.2, 0.25) is 0 Å². The van der Waals surface area contributed by atoms with Crippen molar-refractivity contribution in [2.75, 3.05) is 20.6 Å². The van der Waals surface area contributed by atoms with Crippen molar-refractivity contribution in [2.45, 2.75) is 32.2 Å². The van der Waals surface area contributed by atoms with Crippen LogP contribution in [0.4, 0.5) is 0 Å². The number of benzene rings is 1. The van der Waals surface area contributed by atoms with Crippen LogP contribution in [0.15, 0.2) is 41.5 Å². The number of H-pyrrole nitrogens is 1. The minimum absolute atomic E-state index is 0.712. The Morgan fingerprint density at radius 1 is 1.23 bits per heavy atom. The van der Waals surface area contributed by atoms with E-state index in [4.69, 9.17) is 0 Å². The van der Waals surface area contributed by atoms with Crippen LogP contribution in [0.5, 0.6) is 0 Å². The highest BCUT2D eigenvalue weighted by molar-refractivity contribution is 5.79. The van der Waals surface area contributed by atoms with Gasteiger partial charge in [-0.05, 0) is 49.0 Å². The molecule has 0 unspecified atom stereocenters. The van der Waals surface area contributed by atoms with Crippen LogP contribution in [-0.4, -0.2) is 41.5 Å². The molecule has 0 amide bonds. The first-order valence-corrected chi connectivity index (χ1v) is 9.75. The fraction of sp³-hybridized carbons (Fsp3) is 0.524. The molecule has 0 radical (unpaired) electrons. The number of guanidine groups is 1. The summed E-state index contributed by atoms with van der Waals surface area (Å²) < 4.78 is 0. The Morgan fingerprint density at radius 2 is 1.92 bits per heavy atom. The van der Waals surface area contributed by atoms with Gasteiger partial charge in [0, 0.05) is 20.6 Å². The van der Waals surface area contributed by atoms with Crippen molar-refractivity contribution in [2.24, 2.45) is 22.7 Å². The molecule has 4 rings (SSSR count). The van der Waals surface area contributed by atoms with Crippen molar-refractivity contribution in [1.82, 2.24) is 20.2 Å². The molecule has 26 heavy (non-hydrogen) atoms. The monoisotopic (exact) mass is 351 g/mol. The maximum Gasteiger partial charge on any atom is 0.193 e. The largest absolute Gasteiger partial charge is 0.356 e. The molecule has 2 aliphatic rings. The molecule has 5 nitrogen and oxygen atoms in total. The molecule has 0 spiro atoms. The first-order valence-electron chi connectivity index (χ1n) is 9.75. The molecule has 0 atom stereocenters. The third kappa shape index (κ3) is 4.09. The topological polar surface area (TPSA) is 56.3 Å². The SMILES string of the molecule is CN=C(NCC(C1CC1)C1CC1)N(C)Cc1ncc(-c2ccccc2)[nH]1. The Kier molecular flexibility index (Phi) is 4.96. The number of imidazole rings is 1. The van der Waals surface area contributed by atoms with Crippen LogP contribution < -0.4 is 5.32 Å². The molecule has 2 N–H and O–H groups in total. The molecule has 0 bridgehead atoms. The van der Waals surface area contributed by atoms with Crippen molar-refractivity contribution in [3.8, 4) is 11.3 Å². The maximum absolute atomic E-state index is 4.54. The molecule has 138 valence electrons. The van der Waals surface area contributed by atoms with E-state index in [1.54, 1.807) is 0 Å². The van der Waals surface area contributed by atoms with Crippen molar-refractivity contribution < 1.29 is 0 Å². The van der Waals surface area contributed by atoms with E-state index in [2.05, 4.69) is 44.4 Å². The zero-order valence-electron chi connectivity index (χ0n) is 15.8. The highest BCUT2D eigenvalue weighted by atomic mass is 15.3. The van der Waals surface area contributed by atoms with E-state index in [0.29, 0.717) is 6.54 Å². The second kappa shape index (κ2) is 7.52. The minimum Gasteiger partial charge on any atom is -0.356 e. The van der Waals surface area contributed by atoms with Crippen LogP contribution in [0.2, 0.25) is 0 Å². The lowest BCUT2D eigenvalue weighted by Gasteiger charge is -2.24. The van der Waals surface area contributed by atoms with Crippen LogP contribution in [0.3, 0.4) is 0 Å². The standard InChI is InChI=1S/C21H29N5/c1-22-21(24-12-18(15-8-9-15)16-10-11-16)26(2)14-20-23-13-19(25-20)17-6-4-3-5-7-17/h3-7,13,15-16,18H,8-12,14H2,1-2H3,(H,22,24)(H,23,25). The number of aromatic nitrogens is 2. The number of rotatable bonds is 7. The van der Waals surface area contributed by atoms with Gasteiger partial charge in [0.1, 0.15) is 5.82 Å². The molecule has 5 heteroatoms. The smallest absolute Gasteiger partial charge is 0.193 e. The summed E-state index contributed by atoms with van der Waals surface area (Å²) in [6.07, 6.45) is 7.60. The second-order valence-electron chi connectivity index (χ2n) is 7.73. The Balaban J connectivity index is 1.34. The lowest BCUT2D eigenvalue weighted by molar-refractivity contribution is 0.386. The lowest BCUT2D eigenvalue weighted by Crippen LogP contribution is -2.41. The van der Waals surface area contributed by atoms with Gasteiger partial charge in [0.15, 0.2) is 5.96 Å². The molecule has 1 heterocycles. The van der Waals surface area contributed by atoms with Crippen molar-refractivity contribution in [3.05, 3.63) is 42.4 Å². The second-order valence-corrected chi connectivity index (χ2v) is 7.73. The maximum atomic E-state index is 4.54. The van der Waals surface area contributed by atoms with E-state index in [9.17, 15) is 0 Å². The summed E-state index contributed by atoms with van der Waals surface area (Å²) in [5.41, 5.74) is 2.22. The molecule has 0 aliphatic heterocycles. The third-order valence-corrected chi connectivity index (χ3v) is 5.62. The fourth-order valence-corrected chi connectivity index (χ4v) is 3.87. The molecular weight excluding hydrogens is 322 g/mol. The third-order valence-electron chi connectivity index (χ3n) is 5.62. The van der Waals surface area contributed by atoms with Crippen LogP contribution in [0.1, 0.15) is 31.5 Å². The highest BCUT2D eigenvalue weighted by Crippen LogP contribution is 2.48. The Hall–Kier alpha value is -2.30. The fourth-order valence-electron chi connectivity index (χ4n) is 3.87. The summed E-state index contributed by atoms with van der Waals surface area (Å²) in [4.78, 5) is 14.6. The average Bonchev–Trinajstić information content (AvgIpc) is 3.59. The zero-order chi connectivity index (χ0) is 17.9. The molecule has 1 aromatic heterocycles. The van der Waals surface area contributed by atoms with Gasteiger partial charge in [-0.1, -0.05) is 30.3 Å². The van der Waals surface area contributed by atoms with Gasteiger partial charge in [-0.3, -0.25) is 4.99 Å². The quantitative estimate of drug-likeness (QED) is 0.593. The molecule has 2 aliphatic carbocycles. The van der Waals surface area contributed by atoms with E-state index in [1.165, 1.54) is 25.7 Å². The summed E-state index contributed by atoms with van der Waals surface area (Å²) in [6, 6.07) is 10.3. The van der Waals surface area contributed by atoms with Crippen molar-refractivity contribution >= 4 is 5.96 Å². The Bertz CT molecular complexity index is 731. The molecular formula is C21H29N5. The molecule has 1 aromatic carbocycles. The molecule has 0 saturated heterocycles. The molecule has 2 saturated carbocycles. The van der Waals surface area contributed by atoms with E-state index in [1.807, 2.05) is 31.4 Å². The van der Waals surface area contributed by atoms with E-state index < -0.39 is 0 Å². The summed E-state index contributed by atoms with van der Waals surface area (Å²) >= 11 is 0. The summed E-state index contributed by atoms with van der Waals surface area (Å²) in [5.74, 6) is 4.66. The Morgan fingerprint density at radius 3 is 2.54 bits per heavy atom. The average molecular weight is 351 g/mol. The number of aromatic amines is 1. The minimum atomic E-state index is 0.712. The van der Waals surface area contributed by atoms with E-state index in [0.717, 1.165) is 47.3 Å². The summed E-state index contributed by atoms with van der Waals surface area (Å²) in [7, 11) is 3.93. The summed E-state index contributed by atoms with van der Waals surface area (Å²) in [5, 5.41) is 3.60. The van der Waals surface area contributed by atoms with Gasteiger partial charge in [0.05, 0.1) is 18.4 Å². The van der Waals surface area contributed by atoms with Gasteiger partial charge >= 0.3 is 0 Å². The van der Waals surface area contributed by atoms with E-state index in [-0.39, 0.29) is 0 Å². The number of nitrogens with zero attached hydrogens (tertiary/aromatic N) is 3. The normalized spacial score (nSPS) is 17.6. The van der Waals surface area contributed by atoms with Crippen LogP contribution in [-0.2, 0) is 6.54 Å². The van der Waals surface area contributed by atoms with Gasteiger partial charge < -0.3 is 15.2 Å². The van der Waals surface area contributed by atoms with Gasteiger partial charge in [-0.25, -0.2) is 4.98 Å². The van der Waals surface area contributed by atoms with Crippen molar-refractivity contribution in [3.63, 3.8) is 0 Å². The number of nitrogens with one attached hydrogen (secondary N) is 2. The highest BCUT2D eigenvalue weighted by Gasteiger charge is 2.41. The number of aliphatic imine (C=N–C) groups is 1. The zero-order valence-corrected chi connectivity index (χ0v) is 15.8. The first-order chi connectivity index (χ1) is 12.7. The lowest BCUT2D eigenvalue weighted by atomic mass is 9.98. The predicted molar refractivity (Wildman–Crippen MR) is 106 cm³/mol. The number of hydrogen-bond donors (Lipinski definition) is 2. The summed E-state index contributed by atoms with van der Waals surface area (Å²) in [6.45, 7) is 1.77. The Labute approximate surface area is 155 Å². The van der Waals surface area contributed by atoms with Crippen LogP contribution in [0, 0.1) is 17.8 Å². The molecule has 2 aromatic rings. The predicted octanol–water partition coefficient (Wildman–Crippen LogP) is 3.52. The van der Waals surface area contributed by atoms with Crippen LogP contribution in [0.25, 0.3) is 11.3 Å². The van der Waals surface area contributed by atoms with Gasteiger partial charge in [-0.2, -0.15) is 0 Å². The van der Waals surface area contributed by atoms with E-state index >= 15 is 0 Å². The van der Waals surface area contributed by atoms with Gasteiger partial charge in [-0.15, -0.1) is 0 Å². The first kappa shape index (κ1) is 17.1.